The third kappa shape index (κ3) is 5.91. The predicted molar refractivity (Wildman–Crippen MR) is 143 cm³/mol. The fourth-order valence-electron chi connectivity index (χ4n) is 4.98. The number of hydrogen-bond acceptors (Lipinski definition) is 6. The van der Waals surface area contributed by atoms with Gasteiger partial charge in [0.05, 0.1) is 13.0 Å². The molecule has 37 heavy (non-hydrogen) atoms. The van der Waals surface area contributed by atoms with Crippen molar-refractivity contribution in [1.29, 1.82) is 0 Å². The average molecular weight is 521 g/mol. The van der Waals surface area contributed by atoms with Crippen molar-refractivity contribution in [2.75, 3.05) is 18.3 Å². The molecule has 3 aromatic rings. The minimum atomic E-state index is -0.856. The Hall–Kier alpha value is -3.52. The molecule has 8 heteroatoms. The van der Waals surface area contributed by atoms with E-state index in [1.165, 1.54) is 17.8 Å². The van der Waals surface area contributed by atoms with Gasteiger partial charge < -0.3 is 19.5 Å². The van der Waals surface area contributed by atoms with E-state index in [1.54, 1.807) is 17.0 Å². The molecule has 1 fully saturated rings. The number of ether oxygens (including phenoxy) is 3. The molecule has 0 bridgehead atoms. The summed E-state index contributed by atoms with van der Waals surface area (Å²) in [6.45, 7) is 2.61. The van der Waals surface area contributed by atoms with E-state index >= 15 is 0 Å². The Balaban J connectivity index is 1.55. The number of thiophene rings is 1. The molecule has 0 saturated heterocycles. The fourth-order valence-corrected chi connectivity index (χ4v) is 5.67. The molecular weight excluding hydrogens is 488 g/mol. The number of hydrogen-bond donors (Lipinski definition) is 1. The number of benzene rings is 2. The highest BCUT2D eigenvalue weighted by Gasteiger charge is 2.35. The summed E-state index contributed by atoms with van der Waals surface area (Å²) in [6, 6.07) is 15.9. The number of nitrogens with one attached hydrogen (secondary N) is 1. The molecule has 1 unspecified atom stereocenters. The second kappa shape index (κ2) is 11.7. The highest BCUT2D eigenvalue weighted by molar-refractivity contribution is 7.10. The number of anilines is 1. The third-order valence-electron chi connectivity index (χ3n) is 6.77. The van der Waals surface area contributed by atoms with Crippen LogP contribution in [-0.2, 0) is 16.0 Å². The molecule has 2 aliphatic rings. The number of amides is 2. The van der Waals surface area contributed by atoms with Crippen LogP contribution in [0.25, 0.3) is 0 Å². The Morgan fingerprint density at radius 2 is 1.84 bits per heavy atom. The van der Waals surface area contributed by atoms with Gasteiger partial charge in [-0.25, -0.2) is 0 Å². The molecule has 1 saturated carbocycles. The van der Waals surface area contributed by atoms with Gasteiger partial charge in [-0.15, -0.1) is 11.3 Å². The van der Waals surface area contributed by atoms with Crippen LogP contribution in [0, 0.1) is 0 Å². The van der Waals surface area contributed by atoms with E-state index in [1.807, 2.05) is 54.8 Å². The van der Waals surface area contributed by atoms with Crippen LogP contribution in [0.15, 0.2) is 60.0 Å². The van der Waals surface area contributed by atoms with Gasteiger partial charge in [0.2, 0.25) is 18.6 Å². The molecule has 0 spiro atoms. The van der Waals surface area contributed by atoms with Gasteiger partial charge in [-0.3, -0.25) is 14.5 Å². The smallest absolute Gasteiger partial charge is 0.248 e. The third-order valence-corrected chi connectivity index (χ3v) is 7.65. The van der Waals surface area contributed by atoms with E-state index in [2.05, 4.69) is 5.32 Å². The Morgan fingerprint density at radius 1 is 1.05 bits per heavy atom. The lowest BCUT2D eigenvalue weighted by Crippen LogP contribution is -2.47. The second-order valence-corrected chi connectivity index (χ2v) is 10.3. The second-order valence-electron chi connectivity index (χ2n) is 9.31. The highest BCUT2D eigenvalue weighted by Crippen LogP contribution is 2.39. The van der Waals surface area contributed by atoms with Crippen molar-refractivity contribution in [2.24, 2.45) is 0 Å². The maximum absolute atomic E-state index is 14.0. The van der Waals surface area contributed by atoms with Gasteiger partial charge in [-0.2, -0.15) is 0 Å². The minimum absolute atomic E-state index is 0.109. The van der Waals surface area contributed by atoms with Crippen molar-refractivity contribution in [2.45, 2.75) is 57.5 Å². The van der Waals surface area contributed by atoms with Crippen molar-refractivity contribution in [3.63, 3.8) is 0 Å². The molecule has 2 heterocycles. The van der Waals surface area contributed by atoms with Gasteiger partial charge in [-0.05, 0) is 61.0 Å². The minimum Gasteiger partial charge on any atom is -0.494 e. The van der Waals surface area contributed by atoms with Crippen LogP contribution >= 0.6 is 11.3 Å². The Kier molecular flexibility index (Phi) is 7.94. The number of fused-ring (bicyclic) bond motifs is 1. The summed E-state index contributed by atoms with van der Waals surface area (Å²) in [5.74, 6) is 1.55. The fraction of sp³-hybridized carbons (Fsp3) is 0.379. The van der Waals surface area contributed by atoms with E-state index in [9.17, 15) is 9.59 Å². The van der Waals surface area contributed by atoms with E-state index < -0.39 is 6.04 Å². The van der Waals surface area contributed by atoms with Crippen LogP contribution < -0.4 is 24.4 Å². The predicted octanol–water partition coefficient (Wildman–Crippen LogP) is 5.64. The lowest BCUT2D eigenvalue weighted by molar-refractivity contribution is -0.127. The van der Waals surface area contributed by atoms with Crippen LogP contribution in [0.4, 0.5) is 5.69 Å². The molecule has 5 rings (SSSR count). The van der Waals surface area contributed by atoms with Gasteiger partial charge in [0.1, 0.15) is 11.8 Å². The molecular formula is C29H32N2O5S. The summed E-state index contributed by atoms with van der Waals surface area (Å²) in [5.41, 5.74) is 1.30. The van der Waals surface area contributed by atoms with Crippen LogP contribution in [0.2, 0.25) is 0 Å². The number of carbonyl (C=O) groups is 2. The van der Waals surface area contributed by atoms with Crippen LogP contribution in [0.3, 0.4) is 0 Å². The van der Waals surface area contributed by atoms with Gasteiger partial charge in [0.15, 0.2) is 11.5 Å². The first-order chi connectivity index (χ1) is 18.1. The summed E-state index contributed by atoms with van der Waals surface area (Å²) < 4.78 is 16.7. The monoisotopic (exact) mass is 520 g/mol. The lowest BCUT2D eigenvalue weighted by atomic mass is 9.94. The molecule has 0 radical (unpaired) electrons. The number of carbonyl (C=O) groups excluding carboxylic acids is 2. The van der Waals surface area contributed by atoms with E-state index in [0.29, 0.717) is 29.4 Å². The normalized spacial score (nSPS) is 15.7. The first kappa shape index (κ1) is 25.1. The number of nitrogens with zero attached hydrogens (tertiary/aromatic N) is 1. The van der Waals surface area contributed by atoms with Crippen LogP contribution in [0.5, 0.6) is 17.2 Å². The molecule has 194 valence electrons. The highest BCUT2D eigenvalue weighted by atomic mass is 32.1. The van der Waals surface area contributed by atoms with Gasteiger partial charge in [0.25, 0.3) is 0 Å². The average Bonchev–Trinajstić information content (AvgIpc) is 3.60. The first-order valence-corrected chi connectivity index (χ1v) is 13.8. The molecule has 1 aromatic heterocycles. The lowest BCUT2D eigenvalue weighted by Gasteiger charge is -2.33. The zero-order valence-corrected chi connectivity index (χ0v) is 21.8. The standard InChI is InChI=1S/C29H32N2O5S/c1-2-34-23-13-10-20(11-14-23)28(29(33)30-21-7-4-3-5-8-21)31(27(32)18-24-9-6-16-37-24)22-12-15-25-26(17-22)36-19-35-25/h6,9-17,21,28H,2-5,7-8,18-19H2,1H3,(H,30,33). The van der Waals surface area contributed by atoms with Crippen molar-refractivity contribution in [3.8, 4) is 17.2 Å². The SMILES string of the molecule is CCOc1ccc(C(C(=O)NC2CCCCC2)N(C(=O)Cc2cccs2)c2ccc3c(c2)OCO3)cc1. The van der Waals surface area contributed by atoms with Gasteiger partial charge in [-0.1, -0.05) is 37.5 Å². The van der Waals surface area contributed by atoms with Crippen molar-refractivity contribution in [1.82, 2.24) is 5.32 Å². The zero-order chi connectivity index (χ0) is 25.6. The molecule has 2 amide bonds. The Labute approximate surface area is 221 Å². The summed E-state index contributed by atoms with van der Waals surface area (Å²) in [4.78, 5) is 30.5. The molecule has 1 aliphatic heterocycles. The van der Waals surface area contributed by atoms with Gasteiger partial charge in [0, 0.05) is 22.7 Å². The Morgan fingerprint density at radius 3 is 2.57 bits per heavy atom. The Bertz CT molecular complexity index is 1210. The summed E-state index contributed by atoms with van der Waals surface area (Å²) >= 11 is 1.53. The zero-order valence-electron chi connectivity index (χ0n) is 21.0. The molecule has 7 nitrogen and oxygen atoms in total. The van der Waals surface area contributed by atoms with Crippen LogP contribution in [-0.4, -0.2) is 31.3 Å². The maximum Gasteiger partial charge on any atom is 0.248 e. The molecule has 1 atom stereocenters. The van der Waals surface area contributed by atoms with E-state index in [0.717, 1.165) is 36.3 Å². The number of rotatable bonds is 9. The van der Waals surface area contributed by atoms with E-state index in [4.69, 9.17) is 14.2 Å². The van der Waals surface area contributed by atoms with Crippen LogP contribution in [0.1, 0.15) is 55.5 Å². The van der Waals surface area contributed by atoms with Crippen molar-refractivity contribution >= 4 is 28.8 Å². The topological polar surface area (TPSA) is 77.1 Å². The van der Waals surface area contributed by atoms with Crippen molar-refractivity contribution in [3.05, 3.63) is 70.4 Å². The largest absolute Gasteiger partial charge is 0.494 e. The summed E-state index contributed by atoms with van der Waals surface area (Å²) in [5, 5.41) is 5.21. The summed E-state index contributed by atoms with van der Waals surface area (Å²) in [7, 11) is 0. The maximum atomic E-state index is 14.0. The van der Waals surface area contributed by atoms with Gasteiger partial charge >= 0.3 is 0 Å². The molecule has 1 N–H and O–H groups in total. The first-order valence-electron chi connectivity index (χ1n) is 12.9. The quantitative estimate of drug-likeness (QED) is 0.395. The van der Waals surface area contributed by atoms with E-state index in [-0.39, 0.29) is 31.1 Å². The molecule has 1 aliphatic carbocycles. The summed E-state index contributed by atoms with van der Waals surface area (Å²) in [6.07, 6.45) is 5.49. The molecule has 2 aromatic carbocycles. The van der Waals surface area contributed by atoms with Crippen molar-refractivity contribution < 1.29 is 23.8 Å².